The van der Waals surface area contributed by atoms with Gasteiger partial charge in [0.05, 0.1) is 5.56 Å². The average Bonchev–Trinajstić information content (AvgIpc) is 2.91. The number of nitrogens with one attached hydrogen (secondary N) is 1. The van der Waals surface area contributed by atoms with Crippen LogP contribution in [0.15, 0.2) is 22.7 Å². The third-order valence-electron chi connectivity index (χ3n) is 3.43. The Morgan fingerprint density at radius 1 is 1.58 bits per heavy atom. The van der Waals surface area contributed by atoms with Gasteiger partial charge < -0.3 is 10.2 Å². The van der Waals surface area contributed by atoms with Gasteiger partial charge >= 0.3 is 0 Å². The Kier molecular flexibility index (Phi) is 5.25. The first-order valence-corrected chi connectivity index (χ1v) is 7.76. The molecule has 1 aromatic carbocycles. The minimum Gasteiger partial charge on any atom is -0.337 e. The standard InChI is InChI=1S/C14H18BrClN2O/c1-2-18(9-11-4-3-7-17-11)14(19)12-8-10(16)5-6-13(12)15/h5-6,8,11,17H,2-4,7,9H2,1H3. The Bertz CT molecular complexity index is 461. The van der Waals surface area contributed by atoms with E-state index in [1.165, 1.54) is 6.42 Å². The summed E-state index contributed by atoms with van der Waals surface area (Å²) < 4.78 is 0.791. The van der Waals surface area contributed by atoms with Crippen LogP contribution >= 0.6 is 27.5 Å². The zero-order valence-electron chi connectivity index (χ0n) is 11.0. The molecule has 1 heterocycles. The van der Waals surface area contributed by atoms with Crippen LogP contribution in [0.4, 0.5) is 0 Å². The van der Waals surface area contributed by atoms with Gasteiger partial charge in [-0.25, -0.2) is 0 Å². The third kappa shape index (κ3) is 3.71. The summed E-state index contributed by atoms with van der Waals surface area (Å²) in [5.74, 6) is 0.0329. The number of halogens is 2. The van der Waals surface area contributed by atoms with Gasteiger partial charge in [0.2, 0.25) is 0 Å². The summed E-state index contributed by atoms with van der Waals surface area (Å²) in [6.07, 6.45) is 2.33. The highest BCUT2D eigenvalue weighted by atomic mass is 79.9. The maximum absolute atomic E-state index is 12.5. The van der Waals surface area contributed by atoms with Crippen LogP contribution < -0.4 is 5.32 Å². The first-order chi connectivity index (χ1) is 9.11. The molecular weight excluding hydrogens is 328 g/mol. The molecule has 1 aliphatic heterocycles. The van der Waals surface area contributed by atoms with Crippen molar-refractivity contribution < 1.29 is 4.79 Å². The Hall–Kier alpha value is -0.580. The van der Waals surface area contributed by atoms with Crippen LogP contribution in [0.5, 0.6) is 0 Å². The summed E-state index contributed by atoms with van der Waals surface area (Å²) in [5, 5.41) is 4.01. The van der Waals surface area contributed by atoms with Gasteiger partial charge in [0.1, 0.15) is 0 Å². The fourth-order valence-electron chi connectivity index (χ4n) is 2.37. The maximum Gasteiger partial charge on any atom is 0.255 e. The smallest absolute Gasteiger partial charge is 0.255 e. The van der Waals surface area contributed by atoms with Crippen LogP contribution in [0, 0.1) is 0 Å². The Morgan fingerprint density at radius 2 is 2.37 bits per heavy atom. The highest BCUT2D eigenvalue weighted by Gasteiger charge is 2.22. The molecule has 0 saturated carbocycles. The van der Waals surface area contributed by atoms with E-state index in [1.807, 2.05) is 17.9 Å². The van der Waals surface area contributed by atoms with Crippen molar-refractivity contribution in [1.29, 1.82) is 0 Å². The largest absolute Gasteiger partial charge is 0.337 e. The molecule has 19 heavy (non-hydrogen) atoms. The SMILES string of the molecule is CCN(CC1CCCN1)C(=O)c1cc(Cl)ccc1Br. The number of hydrogen-bond acceptors (Lipinski definition) is 2. The second-order valence-electron chi connectivity index (χ2n) is 4.76. The molecule has 5 heteroatoms. The molecule has 2 rings (SSSR count). The first-order valence-electron chi connectivity index (χ1n) is 6.59. The minimum absolute atomic E-state index is 0.0329. The van der Waals surface area contributed by atoms with Gasteiger partial charge in [-0.1, -0.05) is 11.6 Å². The Labute approximate surface area is 127 Å². The first kappa shape index (κ1) is 14.8. The lowest BCUT2D eigenvalue weighted by molar-refractivity contribution is 0.0750. The Balaban J connectivity index is 2.12. The molecule has 104 valence electrons. The molecule has 0 bridgehead atoms. The highest BCUT2D eigenvalue weighted by molar-refractivity contribution is 9.10. The second-order valence-corrected chi connectivity index (χ2v) is 6.05. The molecule has 1 N–H and O–H groups in total. The Morgan fingerprint density at radius 3 is 3.00 bits per heavy atom. The molecule has 0 spiro atoms. The number of likely N-dealkylation sites (N-methyl/N-ethyl adjacent to an activating group) is 1. The van der Waals surface area contributed by atoms with Crippen LogP contribution in [0.3, 0.4) is 0 Å². The van der Waals surface area contributed by atoms with Crippen molar-refractivity contribution >= 4 is 33.4 Å². The fraction of sp³-hybridized carbons (Fsp3) is 0.500. The number of hydrogen-bond donors (Lipinski definition) is 1. The summed E-state index contributed by atoms with van der Waals surface area (Å²) in [7, 11) is 0. The molecule has 1 atom stereocenters. The molecule has 0 aliphatic carbocycles. The summed E-state index contributed by atoms with van der Waals surface area (Å²) in [5.41, 5.74) is 0.632. The predicted molar refractivity (Wildman–Crippen MR) is 81.8 cm³/mol. The van der Waals surface area contributed by atoms with Crippen LogP contribution in [0.2, 0.25) is 5.02 Å². The average molecular weight is 346 g/mol. The van der Waals surface area contributed by atoms with Gasteiger partial charge in [0.25, 0.3) is 5.91 Å². The monoisotopic (exact) mass is 344 g/mol. The summed E-state index contributed by atoms with van der Waals surface area (Å²) in [6.45, 7) is 4.52. The lowest BCUT2D eigenvalue weighted by atomic mass is 10.1. The van der Waals surface area contributed by atoms with Crippen LogP contribution in [-0.4, -0.2) is 36.5 Å². The molecule has 1 unspecified atom stereocenters. The minimum atomic E-state index is 0.0329. The molecule has 1 aromatic rings. The van der Waals surface area contributed by atoms with Crippen LogP contribution in [0.1, 0.15) is 30.1 Å². The summed E-state index contributed by atoms with van der Waals surface area (Å²) in [6, 6.07) is 5.73. The van der Waals surface area contributed by atoms with Gasteiger partial charge in [0, 0.05) is 28.6 Å². The zero-order chi connectivity index (χ0) is 13.8. The van der Waals surface area contributed by atoms with E-state index in [9.17, 15) is 4.79 Å². The van der Waals surface area contributed by atoms with Gasteiger partial charge in [0.15, 0.2) is 0 Å². The number of benzene rings is 1. The second kappa shape index (κ2) is 6.73. The zero-order valence-corrected chi connectivity index (χ0v) is 13.3. The molecular formula is C14H18BrClN2O. The summed E-state index contributed by atoms with van der Waals surface area (Å²) in [4.78, 5) is 14.4. The molecule has 1 aliphatic rings. The van der Waals surface area contributed by atoms with E-state index in [2.05, 4.69) is 21.2 Å². The maximum atomic E-state index is 12.5. The summed E-state index contributed by atoms with van der Waals surface area (Å²) >= 11 is 9.39. The van der Waals surface area contributed by atoms with E-state index in [-0.39, 0.29) is 5.91 Å². The fourth-order valence-corrected chi connectivity index (χ4v) is 2.95. The normalized spacial score (nSPS) is 18.6. The van der Waals surface area contributed by atoms with Gasteiger partial charge in [-0.05, 0) is 60.4 Å². The van der Waals surface area contributed by atoms with E-state index in [0.717, 1.165) is 24.0 Å². The number of amides is 1. The van der Waals surface area contributed by atoms with E-state index in [1.54, 1.807) is 12.1 Å². The number of carbonyl (C=O) groups excluding carboxylic acids is 1. The van der Waals surface area contributed by atoms with E-state index in [0.29, 0.717) is 23.2 Å². The molecule has 0 radical (unpaired) electrons. The third-order valence-corrected chi connectivity index (χ3v) is 4.36. The van der Waals surface area contributed by atoms with Crippen molar-refractivity contribution in [2.75, 3.05) is 19.6 Å². The van der Waals surface area contributed by atoms with Gasteiger partial charge in [-0.3, -0.25) is 4.79 Å². The van der Waals surface area contributed by atoms with Crippen molar-refractivity contribution in [2.45, 2.75) is 25.8 Å². The molecule has 0 aromatic heterocycles. The number of nitrogens with zero attached hydrogens (tertiary/aromatic N) is 1. The van der Waals surface area contributed by atoms with E-state index >= 15 is 0 Å². The van der Waals surface area contributed by atoms with Crippen molar-refractivity contribution in [3.8, 4) is 0 Å². The number of rotatable bonds is 4. The quantitative estimate of drug-likeness (QED) is 0.908. The molecule has 1 saturated heterocycles. The molecule has 3 nitrogen and oxygen atoms in total. The lowest BCUT2D eigenvalue weighted by Crippen LogP contribution is -2.41. The van der Waals surface area contributed by atoms with E-state index in [4.69, 9.17) is 11.6 Å². The number of carbonyl (C=O) groups is 1. The van der Waals surface area contributed by atoms with Gasteiger partial charge in [-0.15, -0.1) is 0 Å². The van der Waals surface area contributed by atoms with E-state index < -0.39 is 0 Å². The predicted octanol–water partition coefficient (Wildman–Crippen LogP) is 3.32. The van der Waals surface area contributed by atoms with Crippen molar-refractivity contribution in [3.63, 3.8) is 0 Å². The van der Waals surface area contributed by atoms with Crippen LogP contribution in [0.25, 0.3) is 0 Å². The highest BCUT2D eigenvalue weighted by Crippen LogP contribution is 2.23. The van der Waals surface area contributed by atoms with Crippen molar-refractivity contribution in [1.82, 2.24) is 10.2 Å². The topological polar surface area (TPSA) is 32.3 Å². The van der Waals surface area contributed by atoms with Gasteiger partial charge in [-0.2, -0.15) is 0 Å². The van der Waals surface area contributed by atoms with Crippen LogP contribution in [-0.2, 0) is 0 Å². The van der Waals surface area contributed by atoms with Crippen molar-refractivity contribution in [2.24, 2.45) is 0 Å². The lowest BCUT2D eigenvalue weighted by Gasteiger charge is -2.25. The molecule has 1 fully saturated rings. The molecule has 1 amide bonds. The van der Waals surface area contributed by atoms with Crippen molar-refractivity contribution in [3.05, 3.63) is 33.3 Å².